The number of benzene rings is 1. The van der Waals surface area contributed by atoms with Crippen molar-refractivity contribution in [1.82, 2.24) is 19.7 Å². The second-order valence-electron chi connectivity index (χ2n) is 6.69. The molecule has 5 nitrogen and oxygen atoms in total. The van der Waals surface area contributed by atoms with Crippen molar-refractivity contribution in [3.63, 3.8) is 0 Å². The highest BCUT2D eigenvalue weighted by atomic mass is 16.1. The van der Waals surface area contributed by atoms with E-state index in [2.05, 4.69) is 41.9 Å². The van der Waals surface area contributed by atoms with Crippen LogP contribution in [0.25, 0.3) is 22.0 Å². The fraction of sp³-hybridized carbons (Fsp3) is 0.368. The van der Waals surface area contributed by atoms with Crippen LogP contribution >= 0.6 is 0 Å². The van der Waals surface area contributed by atoms with Crippen LogP contribution in [0.5, 0.6) is 0 Å². The molecule has 24 heavy (non-hydrogen) atoms. The minimum atomic E-state index is -0.0146. The van der Waals surface area contributed by atoms with Crippen LogP contribution in [0.2, 0.25) is 0 Å². The zero-order valence-electron chi connectivity index (χ0n) is 14.8. The zero-order chi connectivity index (χ0) is 17.4. The highest BCUT2D eigenvalue weighted by Crippen LogP contribution is 2.30. The molecule has 124 valence electrons. The van der Waals surface area contributed by atoms with Crippen LogP contribution < -0.4 is 0 Å². The van der Waals surface area contributed by atoms with Gasteiger partial charge in [0, 0.05) is 36.8 Å². The molecule has 0 aliphatic heterocycles. The van der Waals surface area contributed by atoms with E-state index in [1.165, 1.54) is 0 Å². The fourth-order valence-corrected chi connectivity index (χ4v) is 2.97. The number of Topliss-reactive ketones (excluding diaryl/α,β-unsaturated/α-hetero) is 1. The minimum Gasteiger partial charge on any atom is -0.293 e. The highest BCUT2D eigenvalue weighted by Gasteiger charge is 2.18. The zero-order valence-corrected chi connectivity index (χ0v) is 14.8. The van der Waals surface area contributed by atoms with Crippen molar-refractivity contribution in [2.75, 3.05) is 0 Å². The maximum absolute atomic E-state index is 12.1. The molecule has 0 spiro atoms. The van der Waals surface area contributed by atoms with Crippen LogP contribution in [0.1, 0.15) is 42.6 Å². The third-order valence-corrected chi connectivity index (χ3v) is 4.02. The summed E-state index contributed by atoms with van der Waals surface area (Å²) in [4.78, 5) is 20.6. The molecule has 0 aliphatic rings. The summed E-state index contributed by atoms with van der Waals surface area (Å²) in [5.41, 5.74) is 4.61. The molecule has 0 saturated carbocycles. The molecule has 0 N–H and O–H groups in total. The Morgan fingerprint density at radius 3 is 2.38 bits per heavy atom. The molecule has 0 atom stereocenters. The summed E-state index contributed by atoms with van der Waals surface area (Å²) >= 11 is 0. The molecule has 0 aliphatic carbocycles. The van der Waals surface area contributed by atoms with Crippen molar-refractivity contribution >= 4 is 16.7 Å². The van der Waals surface area contributed by atoms with Crippen LogP contribution in [0.15, 0.2) is 24.5 Å². The molecule has 0 radical (unpaired) electrons. The largest absolute Gasteiger partial charge is 0.293 e. The van der Waals surface area contributed by atoms with Crippen LogP contribution in [0.3, 0.4) is 0 Å². The standard InChI is InChI=1S/C19H22N4O/c1-11(2)10-23-19-12(3)6-15(16-8-20-14(5)21-9-16)7-17(19)18(22-23)13(4)24/h6-9,11H,10H2,1-5H3. The molecule has 3 aromatic rings. The lowest BCUT2D eigenvalue weighted by atomic mass is 10.0. The average molecular weight is 322 g/mol. The molecular formula is C19H22N4O. The van der Waals surface area contributed by atoms with Crippen molar-refractivity contribution < 1.29 is 4.79 Å². The van der Waals surface area contributed by atoms with E-state index in [1.807, 2.05) is 30.1 Å². The number of rotatable bonds is 4. The number of carbonyl (C=O) groups excluding carboxylic acids is 1. The van der Waals surface area contributed by atoms with Gasteiger partial charge in [-0.2, -0.15) is 5.10 Å². The van der Waals surface area contributed by atoms with Crippen molar-refractivity contribution in [3.8, 4) is 11.1 Å². The van der Waals surface area contributed by atoms with Crippen LogP contribution in [-0.4, -0.2) is 25.5 Å². The number of fused-ring (bicyclic) bond motifs is 1. The Morgan fingerprint density at radius 2 is 1.79 bits per heavy atom. The Bertz CT molecular complexity index is 907. The van der Waals surface area contributed by atoms with Crippen LogP contribution in [0.4, 0.5) is 0 Å². The first-order valence-corrected chi connectivity index (χ1v) is 8.18. The van der Waals surface area contributed by atoms with Gasteiger partial charge in [-0.1, -0.05) is 13.8 Å². The highest BCUT2D eigenvalue weighted by molar-refractivity contribution is 6.06. The number of hydrogen-bond acceptors (Lipinski definition) is 4. The van der Waals surface area contributed by atoms with Crippen molar-refractivity contribution in [2.24, 2.45) is 5.92 Å². The minimum absolute atomic E-state index is 0.0146. The first kappa shape index (κ1) is 16.3. The third-order valence-electron chi connectivity index (χ3n) is 4.02. The van der Waals surface area contributed by atoms with E-state index in [1.54, 1.807) is 6.92 Å². The van der Waals surface area contributed by atoms with E-state index < -0.39 is 0 Å². The summed E-state index contributed by atoms with van der Waals surface area (Å²) in [5.74, 6) is 1.18. The van der Waals surface area contributed by atoms with Gasteiger partial charge in [-0.05, 0) is 43.0 Å². The van der Waals surface area contributed by atoms with Gasteiger partial charge in [-0.15, -0.1) is 0 Å². The predicted molar refractivity (Wildman–Crippen MR) is 95.1 cm³/mol. The molecule has 2 heterocycles. The van der Waals surface area contributed by atoms with Gasteiger partial charge >= 0.3 is 0 Å². The van der Waals surface area contributed by atoms with E-state index in [-0.39, 0.29) is 5.78 Å². The number of aryl methyl sites for hydroxylation is 2. The lowest BCUT2D eigenvalue weighted by Crippen LogP contribution is -2.07. The van der Waals surface area contributed by atoms with Crippen molar-refractivity contribution in [1.29, 1.82) is 0 Å². The number of nitrogens with zero attached hydrogens (tertiary/aromatic N) is 4. The average Bonchev–Trinajstić information content (AvgIpc) is 2.86. The Hall–Kier alpha value is -2.56. The Balaban J connectivity index is 2.24. The summed E-state index contributed by atoms with van der Waals surface area (Å²) in [5, 5.41) is 5.48. The van der Waals surface area contributed by atoms with Crippen LogP contribution in [0, 0.1) is 19.8 Å². The molecule has 0 unspecified atom stereocenters. The lowest BCUT2D eigenvalue weighted by Gasteiger charge is -2.09. The quantitative estimate of drug-likeness (QED) is 0.682. The summed E-state index contributed by atoms with van der Waals surface area (Å²) in [6, 6.07) is 4.13. The van der Waals surface area contributed by atoms with Gasteiger partial charge in [-0.25, -0.2) is 9.97 Å². The van der Waals surface area contributed by atoms with Gasteiger partial charge in [0.1, 0.15) is 11.5 Å². The Kier molecular flexibility index (Phi) is 4.18. The van der Waals surface area contributed by atoms with Gasteiger partial charge in [0.05, 0.1) is 5.52 Å². The molecule has 2 aromatic heterocycles. The van der Waals surface area contributed by atoms with Gasteiger partial charge in [0.15, 0.2) is 5.78 Å². The van der Waals surface area contributed by atoms with E-state index in [0.717, 1.165) is 40.0 Å². The molecule has 3 rings (SSSR count). The predicted octanol–water partition coefficient (Wildman–Crippen LogP) is 3.97. The van der Waals surface area contributed by atoms with E-state index >= 15 is 0 Å². The number of aromatic nitrogens is 4. The molecule has 0 amide bonds. The fourth-order valence-electron chi connectivity index (χ4n) is 2.97. The second-order valence-corrected chi connectivity index (χ2v) is 6.69. The van der Waals surface area contributed by atoms with Gasteiger partial charge in [0.2, 0.25) is 0 Å². The van der Waals surface area contributed by atoms with Gasteiger partial charge in [-0.3, -0.25) is 9.48 Å². The third kappa shape index (κ3) is 2.94. The lowest BCUT2D eigenvalue weighted by molar-refractivity contribution is 0.101. The summed E-state index contributed by atoms with van der Waals surface area (Å²) in [6.45, 7) is 10.6. The molecule has 0 bridgehead atoms. The first-order chi connectivity index (χ1) is 11.4. The Morgan fingerprint density at radius 1 is 1.12 bits per heavy atom. The van der Waals surface area contributed by atoms with E-state index in [4.69, 9.17) is 0 Å². The monoisotopic (exact) mass is 322 g/mol. The number of ketones is 1. The number of carbonyl (C=O) groups is 1. The summed E-state index contributed by atoms with van der Waals surface area (Å²) in [6.07, 6.45) is 3.63. The maximum Gasteiger partial charge on any atom is 0.180 e. The smallest absolute Gasteiger partial charge is 0.180 e. The van der Waals surface area contributed by atoms with E-state index in [9.17, 15) is 4.79 Å². The second kappa shape index (κ2) is 6.15. The molecule has 0 saturated heterocycles. The van der Waals surface area contributed by atoms with E-state index in [0.29, 0.717) is 11.6 Å². The normalized spacial score (nSPS) is 11.4. The van der Waals surface area contributed by atoms with Crippen LogP contribution in [-0.2, 0) is 6.54 Å². The summed E-state index contributed by atoms with van der Waals surface area (Å²) in [7, 11) is 0. The topological polar surface area (TPSA) is 60.7 Å². The summed E-state index contributed by atoms with van der Waals surface area (Å²) < 4.78 is 1.96. The SMILES string of the molecule is CC(=O)c1nn(CC(C)C)c2c(C)cc(-c3cnc(C)nc3)cc12. The first-order valence-electron chi connectivity index (χ1n) is 8.18. The maximum atomic E-state index is 12.1. The number of hydrogen-bond donors (Lipinski definition) is 0. The van der Waals surface area contributed by atoms with Gasteiger partial charge < -0.3 is 0 Å². The Labute approximate surface area is 141 Å². The molecule has 5 heteroatoms. The molecular weight excluding hydrogens is 300 g/mol. The van der Waals surface area contributed by atoms with Crippen molar-refractivity contribution in [2.45, 2.75) is 41.2 Å². The van der Waals surface area contributed by atoms with Gasteiger partial charge in [0.25, 0.3) is 0 Å². The molecule has 1 aromatic carbocycles. The van der Waals surface area contributed by atoms with Crippen molar-refractivity contribution in [3.05, 3.63) is 41.6 Å². The molecule has 0 fully saturated rings.